The molecular formula is C21H22N4O3S. The summed E-state index contributed by atoms with van der Waals surface area (Å²) in [5.74, 6) is -0.292. The van der Waals surface area contributed by atoms with Gasteiger partial charge in [-0.05, 0) is 56.3 Å². The Balaban J connectivity index is 1.70. The Labute approximate surface area is 170 Å². The predicted octanol–water partition coefficient (Wildman–Crippen LogP) is 3.51. The average molecular weight is 410 g/mol. The lowest BCUT2D eigenvalue weighted by atomic mass is 10.2. The number of hydrogen-bond acceptors (Lipinski definition) is 4. The molecule has 0 radical (unpaired) electrons. The lowest BCUT2D eigenvalue weighted by Gasteiger charge is -2.06. The summed E-state index contributed by atoms with van der Waals surface area (Å²) in [6.45, 7) is 3.86. The van der Waals surface area contributed by atoms with E-state index >= 15 is 0 Å². The first-order valence-electron chi connectivity index (χ1n) is 8.91. The number of carbonyl (C=O) groups is 1. The van der Waals surface area contributed by atoms with E-state index in [1.807, 2.05) is 48.9 Å². The Morgan fingerprint density at radius 2 is 1.62 bits per heavy atom. The molecule has 8 heteroatoms. The number of amides is 1. The van der Waals surface area contributed by atoms with E-state index in [4.69, 9.17) is 0 Å². The second-order valence-electron chi connectivity index (χ2n) is 6.61. The zero-order valence-corrected chi connectivity index (χ0v) is 17.2. The van der Waals surface area contributed by atoms with Crippen molar-refractivity contribution in [2.24, 2.45) is 0 Å². The molecule has 0 unspecified atom stereocenters. The Hall–Kier alpha value is -3.39. The van der Waals surface area contributed by atoms with Crippen LogP contribution in [0.1, 0.15) is 17.0 Å². The molecule has 0 bridgehead atoms. The predicted molar refractivity (Wildman–Crippen MR) is 116 cm³/mol. The van der Waals surface area contributed by atoms with Gasteiger partial charge >= 0.3 is 0 Å². The second kappa shape index (κ2) is 8.32. The van der Waals surface area contributed by atoms with Gasteiger partial charge in [0.15, 0.2) is 0 Å². The van der Waals surface area contributed by atoms with Crippen molar-refractivity contribution >= 4 is 33.4 Å². The fourth-order valence-corrected chi connectivity index (χ4v) is 3.46. The number of nitrogens with zero attached hydrogens (tertiary/aromatic N) is 2. The fourth-order valence-electron chi connectivity index (χ4n) is 2.90. The minimum absolute atomic E-state index is 0.292. The smallest absolute Gasteiger partial charge is 0.248 e. The number of aryl methyl sites for hydroxylation is 1. The van der Waals surface area contributed by atoms with E-state index in [-0.39, 0.29) is 5.91 Å². The van der Waals surface area contributed by atoms with E-state index in [1.165, 1.54) is 6.08 Å². The van der Waals surface area contributed by atoms with Gasteiger partial charge in [-0.1, -0.05) is 18.2 Å². The Bertz CT molecular complexity index is 1150. The van der Waals surface area contributed by atoms with E-state index in [1.54, 1.807) is 30.3 Å². The summed E-state index contributed by atoms with van der Waals surface area (Å²) in [6, 6.07) is 16.2. The highest BCUT2D eigenvalue weighted by atomic mass is 32.2. The number of para-hydroxylation sites is 1. The highest BCUT2D eigenvalue weighted by Crippen LogP contribution is 2.19. The second-order valence-corrected chi connectivity index (χ2v) is 8.35. The van der Waals surface area contributed by atoms with Crippen molar-refractivity contribution < 1.29 is 13.2 Å². The molecule has 0 aliphatic carbocycles. The number of nitrogens with one attached hydrogen (secondary N) is 2. The number of rotatable bonds is 6. The van der Waals surface area contributed by atoms with Crippen LogP contribution in [-0.2, 0) is 14.8 Å². The van der Waals surface area contributed by atoms with Crippen LogP contribution >= 0.6 is 0 Å². The van der Waals surface area contributed by atoms with Crippen molar-refractivity contribution in [2.75, 3.05) is 16.3 Å². The van der Waals surface area contributed by atoms with Crippen LogP contribution in [0.4, 0.5) is 11.4 Å². The van der Waals surface area contributed by atoms with Crippen molar-refractivity contribution in [1.82, 2.24) is 9.78 Å². The third-order valence-electron chi connectivity index (χ3n) is 4.21. The minimum atomic E-state index is -3.34. The first kappa shape index (κ1) is 20.3. The third kappa shape index (κ3) is 5.32. The maximum absolute atomic E-state index is 12.3. The Kier molecular flexibility index (Phi) is 5.84. The van der Waals surface area contributed by atoms with Gasteiger partial charge in [0.05, 0.1) is 17.6 Å². The monoisotopic (exact) mass is 410 g/mol. The minimum Gasteiger partial charge on any atom is -0.323 e. The molecule has 0 saturated heterocycles. The van der Waals surface area contributed by atoms with E-state index in [9.17, 15) is 13.2 Å². The molecule has 0 atom stereocenters. The van der Waals surface area contributed by atoms with Crippen molar-refractivity contribution in [2.45, 2.75) is 13.8 Å². The molecule has 1 amide bonds. The summed E-state index contributed by atoms with van der Waals surface area (Å²) in [4.78, 5) is 12.3. The van der Waals surface area contributed by atoms with Gasteiger partial charge in [0.2, 0.25) is 15.9 Å². The van der Waals surface area contributed by atoms with Gasteiger partial charge in [0.25, 0.3) is 0 Å². The SMILES string of the molecule is Cc1nn(-c2ccccc2)c(C)c1/C=C/C(=O)Nc1ccc(NS(C)(=O)=O)cc1. The molecule has 0 aliphatic heterocycles. The van der Waals surface area contributed by atoms with Crippen LogP contribution in [0.2, 0.25) is 0 Å². The third-order valence-corrected chi connectivity index (χ3v) is 4.81. The number of anilines is 2. The average Bonchev–Trinajstić information content (AvgIpc) is 2.95. The van der Waals surface area contributed by atoms with Crippen LogP contribution in [0.25, 0.3) is 11.8 Å². The number of sulfonamides is 1. The molecule has 2 N–H and O–H groups in total. The van der Waals surface area contributed by atoms with Crippen molar-refractivity contribution in [3.63, 3.8) is 0 Å². The summed E-state index contributed by atoms with van der Waals surface area (Å²) in [5, 5.41) is 7.31. The molecule has 3 aromatic rings. The van der Waals surface area contributed by atoms with Crippen LogP contribution in [0.5, 0.6) is 0 Å². The quantitative estimate of drug-likeness (QED) is 0.608. The molecule has 0 aliphatic rings. The van der Waals surface area contributed by atoms with Crippen LogP contribution < -0.4 is 10.0 Å². The molecule has 7 nitrogen and oxygen atoms in total. The van der Waals surface area contributed by atoms with E-state index in [0.29, 0.717) is 11.4 Å². The lowest BCUT2D eigenvalue weighted by Crippen LogP contribution is -2.10. The first-order chi connectivity index (χ1) is 13.7. The molecule has 1 aromatic heterocycles. The molecule has 0 fully saturated rings. The lowest BCUT2D eigenvalue weighted by molar-refractivity contribution is -0.111. The van der Waals surface area contributed by atoms with Crippen LogP contribution in [0.15, 0.2) is 60.7 Å². The maximum Gasteiger partial charge on any atom is 0.248 e. The topological polar surface area (TPSA) is 93.1 Å². The van der Waals surface area contributed by atoms with Gasteiger partial charge in [0, 0.05) is 28.7 Å². The summed E-state index contributed by atoms with van der Waals surface area (Å²) in [6.07, 6.45) is 4.28. The zero-order valence-electron chi connectivity index (χ0n) is 16.4. The van der Waals surface area contributed by atoms with E-state index in [2.05, 4.69) is 15.1 Å². The number of aromatic nitrogens is 2. The van der Waals surface area contributed by atoms with Crippen molar-refractivity contribution in [3.8, 4) is 5.69 Å². The highest BCUT2D eigenvalue weighted by Gasteiger charge is 2.11. The fraction of sp³-hybridized carbons (Fsp3) is 0.143. The van der Waals surface area contributed by atoms with Crippen LogP contribution in [0.3, 0.4) is 0 Å². The van der Waals surface area contributed by atoms with E-state index in [0.717, 1.165) is 28.9 Å². The standard InChI is InChI=1S/C21H22N4O3S/c1-15-20(16(2)25(23-15)19-7-5-4-6-8-19)13-14-21(26)22-17-9-11-18(12-10-17)24-29(3,27)28/h4-14,24H,1-3H3,(H,22,26)/b14-13+. The maximum atomic E-state index is 12.3. The van der Waals surface area contributed by atoms with Gasteiger partial charge in [0.1, 0.15) is 0 Å². The van der Waals surface area contributed by atoms with Gasteiger partial charge < -0.3 is 5.32 Å². The Morgan fingerprint density at radius 3 is 2.24 bits per heavy atom. The normalized spacial score (nSPS) is 11.6. The summed E-state index contributed by atoms with van der Waals surface area (Å²) in [5.41, 5.74) is 4.60. The van der Waals surface area contributed by atoms with Gasteiger partial charge in [-0.25, -0.2) is 13.1 Å². The summed E-state index contributed by atoms with van der Waals surface area (Å²) >= 11 is 0. The summed E-state index contributed by atoms with van der Waals surface area (Å²) in [7, 11) is -3.34. The molecule has 29 heavy (non-hydrogen) atoms. The van der Waals surface area contributed by atoms with Gasteiger partial charge in [-0.15, -0.1) is 0 Å². The Morgan fingerprint density at radius 1 is 1.00 bits per heavy atom. The first-order valence-corrected chi connectivity index (χ1v) is 10.8. The van der Waals surface area contributed by atoms with Crippen molar-refractivity contribution in [3.05, 3.63) is 77.6 Å². The molecule has 1 heterocycles. The van der Waals surface area contributed by atoms with Gasteiger partial charge in [-0.2, -0.15) is 5.10 Å². The number of carbonyl (C=O) groups excluding carboxylic acids is 1. The zero-order chi connectivity index (χ0) is 21.0. The van der Waals surface area contributed by atoms with Gasteiger partial charge in [-0.3, -0.25) is 9.52 Å². The molecular weight excluding hydrogens is 388 g/mol. The number of benzene rings is 2. The van der Waals surface area contributed by atoms with E-state index < -0.39 is 10.0 Å². The molecule has 0 saturated carbocycles. The van der Waals surface area contributed by atoms with Crippen LogP contribution in [-0.4, -0.2) is 30.4 Å². The van der Waals surface area contributed by atoms with Crippen LogP contribution in [0, 0.1) is 13.8 Å². The van der Waals surface area contributed by atoms with Crippen molar-refractivity contribution in [1.29, 1.82) is 0 Å². The largest absolute Gasteiger partial charge is 0.323 e. The summed E-state index contributed by atoms with van der Waals surface area (Å²) < 4.78 is 26.7. The molecule has 3 rings (SSSR count). The molecule has 150 valence electrons. The molecule has 2 aromatic carbocycles. The number of hydrogen-bond donors (Lipinski definition) is 2. The molecule has 0 spiro atoms. The highest BCUT2D eigenvalue weighted by molar-refractivity contribution is 7.92.